The number of H-pyrrole nitrogens is 2. The predicted octanol–water partition coefficient (Wildman–Crippen LogP) is 4.69. The molecule has 1 aliphatic heterocycles. The molecular formula is C25H21FN6O. The zero-order chi connectivity index (χ0) is 22.4. The maximum Gasteiger partial charge on any atom is 0.135 e. The fourth-order valence-corrected chi connectivity index (χ4v) is 4.37. The van der Waals surface area contributed by atoms with Gasteiger partial charge in [-0.25, -0.2) is 9.37 Å². The SMILES string of the molecule is COc1cc(F)cc(-c2cncc3[nH]c(-c4n[nH]c5ccc(C6=CCNCC6)nc45)cc23)c1. The number of nitrogens with zero attached hydrogens (tertiary/aromatic N) is 3. The third kappa shape index (κ3) is 3.44. The molecule has 7 nitrogen and oxygen atoms in total. The van der Waals surface area contributed by atoms with Crippen molar-refractivity contribution in [2.45, 2.75) is 6.42 Å². The van der Waals surface area contributed by atoms with E-state index >= 15 is 0 Å². The molecule has 0 spiro atoms. The second kappa shape index (κ2) is 7.83. The van der Waals surface area contributed by atoms with Gasteiger partial charge in [0, 0.05) is 29.8 Å². The van der Waals surface area contributed by atoms with Crippen molar-refractivity contribution in [1.82, 2.24) is 30.5 Å². The highest BCUT2D eigenvalue weighted by atomic mass is 19.1. The smallest absolute Gasteiger partial charge is 0.135 e. The predicted molar refractivity (Wildman–Crippen MR) is 126 cm³/mol. The van der Waals surface area contributed by atoms with Crippen LogP contribution in [0.4, 0.5) is 4.39 Å². The van der Waals surface area contributed by atoms with Gasteiger partial charge in [-0.1, -0.05) is 6.08 Å². The number of methoxy groups -OCH3 is 1. The summed E-state index contributed by atoms with van der Waals surface area (Å²) in [6.45, 7) is 1.81. The van der Waals surface area contributed by atoms with Crippen molar-refractivity contribution in [3.63, 3.8) is 0 Å². The topological polar surface area (TPSA) is 91.5 Å². The van der Waals surface area contributed by atoms with Crippen molar-refractivity contribution in [2.24, 2.45) is 0 Å². The van der Waals surface area contributed by atoms with Crippen molar-refractivity contribution in [1.29, 1.82) is 0 Å². The minimum atomic E-state index is -0.362. The highest BCUT2D eigenvalue weighted by Gasteiger charge is 2.17. The molecule has 0 unspecified atom stereocenters. The molecular weight excluding hydrogens is 419 g/mol. The van der Waals surface area contributed by atoms with Crippen LogP contribution in [0.25, 0.3) is 50.0 Å². The van der Waals surface area contributed by atoms with Crippen molar-refractivity contribution in [2.75, 3.05) is 20.2 Å². The van der Waals surface area contributed by atoms with Crippen LogP contribution in [0.15, 0.2) is 54.9 Å². The molecule has 0 amide bonds. The van der Waals surface area contributed by atoms with Gasteiger partial charge in [0.2, 0.25) is 0 Å². The minimum Gasteiger partial charge on any atom is -0.497 e. The molecule has 0 saturated heterocycles. The van der Waals surface area contributed by atoms with E-state index in [0.29, 0.717) is 11.3 Å². The van der Waals surface area contributed by atoms with E-state index in [-0.39, 0.29) is 5.82 Å². The van der Waals surface area contributed by atoms with Gasteiger partial charge in [0.15, 0.2) is 0 Å². The average molecular weight is 440 g/mol. The zero-order valence-corrected chi connectivity index (χ0v) is 17.9. The van der Waals surface area contributed by atoms with Crippen LogP contribution in [-0.2, 0) is 0 Å². The Kier molecular flexibility index (Phi) is 4.66. The van der Waals surface area contributed by atoms with Crippen molar-refractivity contribution in [3.8, 4) is 28.3 Å². The molecule has 164 valence electrons. The van der Waals surface area contributed by atoms with E-state index in [2.05, 4.69) is 31.6 Å². The second-order valence-corrected chi connectivity index (χ2v) is 8.06. The van der Waals surface area contributed by atoms with E-state index in [1.165, 1.54) is 24.8 Å². The Labute approximate surface area is 188 Å². The summed E-state index contributed by atoms with van der Waals surface area (Å²) in [5.74, 6) is 0.0966. The molecule has 1 aliphatic rings. The van der Waals surface area contributed by atoms with Gasteiger partial charge in [-0.15, -0.1) is 0 Å². The highest BCUT2D eigenvalue weighted by Crippen LogP contribution is 2.35. The molecule has 0 saturated carbocycles. The molecule has 4 aromatic heterocycles. The number of ether oxygens (including phenoxy) is 1. The van der Waals surface area contributed by atoms with Crippen LogP contribution in [0.1, 0.15) is 12.1 Å². The van der Waals surface area contributed by atoms with Gasteiger partial charge >= 0.3 is 0 Å². The van der Waals surface area contributed by atoms with Gasteiger partial charge in [0.1, 0.15) is 22.8 Å². The summed E-state index contributed by atoms with van der Waals surface area (Å²) >= 11 is 0. The molecule has 6 rings (SSSR count). The summed E-state index contributed by atoms with van der Waals surface area (Å²) in [5, 5.41) is 11.9. The lowest BCUT2D eigenvalue weighted by molar-refractivity contribution is 0.411. The molecule has 5 aromatic rings. The molecule has 33 heavy (non-hydrogen) atoms. The monoisotopic (exact) mass is 440 g/mol. The number of rotatable bonds is 4. The van der Waals surface area contributed by atoms with Crippen LogP contribution in [-0.4, -0.2) is 45.3 Å². The molecule has 8 heteroatoms. The number of fused-ring (bicyclic) bond motifs is 2. The molecule has 0 atom stereocenters. The summed E-state index contributed by atoms with van der Waals surface area (Å²) in [7, 11) is 1.52. The third-order valence-electron chi connectivity index (χ3n) is 6.02. The Hall–Kier alpha value is -4.04. The molecule has 5 heterocycles. The summed E-state index contributed by atoms with van der Waals surface area (Å²) < 4.78 is 19.4. The van der Waals surface area contributed by atoms with Crippen molar-refractivity contribution in [3.05, 3.63) is 66.4 Å². The van der Waals surface area contributed by atoms with Crippen LogP contribution in [0, 0.1) is 5.82 Å². The minimum absolute atomic E-state index is 0.362. The number of benzene rings is 1. The van der Waals surface area contributed by atoms with Gasteiger partial charge < -0.3 is 15.0 Å². The van der Waals surface area contributed by atoms with E-state index in [4.69, 9.17) is 9.72 Å². The van der Waals surface area contributed by atoms with Crippen LogP contribution >= 0.6 is 0 Å². The van der Waals surface area contributed by atoms with Gasteiger partial charge in [0.05, 0.1) is 35.7 Å². The van der Waals surface area contributed by atoms with E-state index < -0.39 is 0 Å². The number of pyridine rings is 2. The molecule has 0 radical (unpaired) electrons. The first-order valence-electron chi connectivity index (χ1n) is 10.8. The maximum atomic E-state index is 14.2. The summed E-state index contributed by atoms with van der Waals surface area (Å²) in [6, 6.07) is 10.7. The first-order chi connectivity index (χ1) is 16.2. The number of aromatic amines is 2. The van der Waals surface area contributed by atoms with Crippen molar-refractivity contribution < 1.29 is 9.13 Å². The maximum absolute atomic E-state index is 14.2. The van der Waals surface area contributed by atoms with E-state index in [1.807, 2.05) is 18.2 Å². The normalized spacial score (nSPS) is 14.1. The van der Waals surface area contributed by atoms with Gasteiger partial charge in [-0.2, -0.15) is 5.10 Å². The Balaban J connectivity index is 1.48. The Morgan fingerprint density at radius 1 is 1.06 bits per heavy atom. The Morgan fingerprint density at radius 3 is 2.85 bits per heavy atom. The summed E-state index contributed by atoms with van der Waals surface area (Å²) in [5.41, 5.74) is 7.78. The van der Waals surface area contributed by atoms with Gasteiger partial charge in [0.25, 0.3) is 0 Å². The van der Waals surface area contributed by atoms with Crippen molar-refractivity contribution >= 4 is 27.5 Å². The van der Waals surface area contributed by atoms with Crippen LogP contribution < -0.4 is 10.1 Å². The number of hydrogen-bond acceptors (Lipinski definition) is 5. The fourth-order valence-electron chi connectivity index (χ4n) is 4.37. The molecule has 0 bridgehead atoms. The zero-order valence-electron chi connectivity index (χ0n) is 17.9. The quantitative estimate of drug-likeness (QED) is 0.377. The van der Waals surface area contributed by atoms with Crippen LogP contribution in [0.5, 0.6) is 5.75 Å². The van der Waals surface area contributed by atoms with Gasteiger partial charge in [-0.05, 0) is 54.4 Å². The number of hydrogen-bond donors (Lipinski definition) is 3. The van der Waals surface area contributed by atoms with Crippen LogP contribution in [0.3, 0.4) is 0 Å². The lowest BCUT2D eigenvalue weighted by Gasteiger charge is -2.13. The second-order valence-electron chi connectivity index (χ2n) is 8.06. The number of nitrogens with one attached hydrogen (secondary N) is 3. The first kappa shape index (κ1) is 19.6. The summed E-state index contributed by atoms with van der Waals surface area (Å²) in [6.07, 6.45) is 6.62. The van der Waals surface area contributed by atoms with Crippen LogP contribution in [0.2, 0.25) is 0 Å². The first-order valence-corrected chi connectivity index (χ1v) is 10.8. The standard InChI is InChI=1S/C25H21FN6O/c1-33-17-9-15(8-16(26)10-17)19-12-28-13-23-18(19)11-22(29-23)25-24-21(31-32-25)3-2-20(30-24)14-4-6-27-7-5-14/h2-4,8-13,27,29H,5-7H2,1H3,(H,31,32). The number of halogens is 1. The lowest BCUT2D eigenvalue weighted by Crippen LogP contribution is -2.20. The molecule has 3 N–H and O–H groups in total. The van der Waals surface area contributed by atoms with Gasteiger partial charge in [-0.3, -0.25) is 10.1 Å². The number of aromatic nitrogens is 5. The lowest BCUT2D eigenvalue weighted by atomic mass is 10.0. The highest BCUT2D eigenvalue weighted by molar-refractivity contribution is 6.00. The Morgan fingerprint density at radius 2 is 2.00 bits per heavy atom. The van der Waals surface area contributed by atoms with E-state index in [9.17, 15) is 4.39 Å². The molecule has 0 aliphatic carbocycles. The fraction of sp³-hybridized carbons (Fsp3) is 0.160. The van der Waals surface area contributed by atoms with E-state index in [0.717, 1.165) is 64.1 Å². The largest absolute Gasteiger partial charge is 0.497 e. The third-order valence-corrected chi connectivity index (χ3v) is 6.02. The molecule has 0 fully saturated rings. The molecule has 1 aromatic carbocycles. The summed E-state index contributed by atoms with van der Waals surface area (Å²) in [4.78, 5) is 12.7. The average Bonchev–Trinajstić information content (AvgIpc) is 3.47. The Bertz CT molecular complexity index is 1530. The van der Waals surface area contributed by atoms with E-state index in [1.54, 1.807) is 18.5 Å².